The minimum atomic E-state index is -0.124. The Morgan fingerprint density at radius 1 is 1.17 bits per heavy atom. The van der Waals surface area contributed by atoms with Crippen LogP contribution in [0.5, 0.6) is 0 Å². The van der Waals surface area contributed by atoms with Crippen LogP contribution >= 0.6 is 0 Å². The summed E-state index contributed by atoms with van der Waals surface area (Å²) in [5.41, 5.74) is 1.62. The van der Waals surface area contributed by atoms with Crippen molar-refractivity contribution < 1.29 is 9.13 Å². The smallest absolute Gasteiger partial charge is 0.123 e. The lowest BCUT2D eigenvalue weighted by atomic mass is 9.77. The Balaban J connectivity index is 1.30. The number of rotatable bonds is 3. The van der Waals surface area contributed by atoms with Gasteiger partial charge < -0.3 is 4.74 Å². The first kappa shape index (κ1) is 15.6. The van der Waals surface area contributed by atoms with Crippen LogP contribution in [-0.4, -0.2) is 55.2 Å². The Hall–Kier alpha value is -0.970. The van der Waals surface area contributed by atoms with E-state index in [1.165, 1.54) is 44.8 Å². The summed E-state index contributed by atoms with van der Waals surface area (Å²) in [4.78, 5) is 5.16. The van der Waals surface area contributed by atoms with Crippen molar-refractivity contribution in [1.82, 2.24) is 9.80 Å². The van der Waals surface area contributed by atoms with Gasteiger partial charge in [-0.15, -0.1) is 0 Å². The van der Waals surface area contributed by atoms with E-state index in [2.05, 4.69) is 9.80 Å². The van der Waals surface area contributed by atoms with Crippen LogP contribution in [-0.2, 0) is 11.3 Å². The SMILES string of the molecule is Fc1cccc(CN2CCC3(CC2)CCN([C@@H]2CCOC2)C3)c1. The van der Waals surface area contributed by atoms with Crippen molar-refractivity contribution in [2.45, 2.75) is 38.3 Å². The zero-order valence-electron chi connectivity index (χ0n) is 13.8. The van der Waals surface area contributed by atoms with Gasteiger partial charge in [0.1, 0.15) is 5.82 Å². The number of nitrogens with zero attached hydrogens (tertiary/aromatic N) is 2. The van der Waals surface area contributed by atoms with Crippen LogP contribution in [0.2, 0.25) is 0 Å². The molecule has 3 aliphatic rings. The van der Waals surface area contributed by atoms with E-state index in [-0.39, 0.29) is 5.82 Å². The molecule has 0 aromatic heterocycles. The zero-order chi connectivity index (χ0) is 15.7. The largest absolute Gasteiger partial charge is 0.380 e. The van der Waals surface area contributed by atoms with Crippen molar-refractivity contribution in [2.24, 2.45) is 5.41 Å². The molecular formula is C19H27FN2O. The zero-order valence-corrected chi connectivity index (χ0v) is 13.8. The van der Waals surface area contributed by atoms with Crippen molar-refractivity contribution in [3.63, 3.8) is 0 Å². The summed E-state index contributed by atoms with van der Waals surface area (Å²) >= 11 is 0. The third kappa shape index (κ3) is 3.44. The molecule has 0 radical (unpaired) electrons. The van der Waals surface area contributed by atoms with Crippen molar-refractivity contribution in [3.05, 3.63) is 35.6 Å². The molecule has 0 N–H and O–H groups in total. The lowest BCUT2D eigenvalue weighted by molar-refractivity contribution is 0.0924. The average molecular weight is 318 g/mol. The highest BCUT2D eigenvalue weighted by atomic mass is 19.1. The van der Waals surface area contributed by atoms with Gasteiger partial charge in [-0.1, -0.05) is 12.1 Å². The molecule has 0 unspecified atom stereocenters. The van der Waals surface area contributed by atoms with Crippen molar-refractivity contribution in [2.75, 3.05) is 39.4 Å². The summed E-state index contributed by atoms with van der Waals surface area (Å²) in [6, 6.07) is 7.70. The Morgan fingerprint density at radius 3 is 2.74 bits per heavy atom. The second-order valence-corrected chi connectivity index (χ2v) is 7.64. The Kier molecular flexibility index (Phi) is 4.39. The Morgan fingerprint density at radius 2 is 2.00 bits per heavy atom. The van der Waals surface area contributed by atoms with Gasteiger partial charge >= 0.3 is 0 Å². The molecule has 3 aliphatic heterocycles. The highest BCUT2D eigenvalue weighted by Crippen LogP contribution is 2.41. The van der Waals surface area contributed by atoms with Crippen LogP contribution < -0.4 is 0 Å². The molecule has 0 aliphatic carbocycles. The van der Waals surface area contributed by atoms with Crippen LogP contribution in [0.3, 0.4) is 0 Å². The Bertz CT molecular complexity index is 536. The molecule has 4 rings (SSSR count). The summed E-state index contributed by atoms with van der Waals surface area (Å²) in [5, 5.41) is 0. The molecule has 1 aromatic rings. The fourth-order valence-electron chi connectivity index (χ4n) is 4.58. The summed E-state index contributed by atoms with van der Waals surface area (Å²) in [7, 11) is 0. The molecule has 0 amide bonds. The first-order chi connectivity index (χ1) is 11.2. The van der Waals surface area contributed by atoms with Crippen LogP contribution in [0.4, 0.5) is 4.39 Å². The van der Waals surface area contributed by atoms with Gasteiger partial charge in [-0.3, -0.25) is 9.80 Å². The van der Waals surface area contributed by atoms with Gasteiger partial charge in [0, 0.05) is 25.7 Å². The molecule has 1 aromatic carbocycles. The molecule has 126 valence electrons. The fraction of sp³-hybridized carbons (Fsp3) is 0.684. The van der Waals surface area contributed by atoms with Crippen molar-refractivity contribution in [1.29, 1.82) is 0 Å². The van der Waals surface area contributed by atoms with Gasteiger partial charge in [0.15, 0.2) is 0 Å². The Labute approximate surface area is 138 Å². The number of halogens is 1. The summed E-state index contributed by atoms with van der Waals surface area (Å²) < 4.78 is 18.9. The molecular weight excluding hydrogens is 291 g/mol. The number of ether oxygens (including phenoxy) is 1. The lowest BCUT2D eigenvalue weighted by Crippen LogP contribution is -2.42. The number of hydrogen-bond donors (Lipinski definition) is 0. The fourth-order valence-corrected chi connectivity index (χ4v) is 4.58. The predicted octanol–water partition coefficient (Wildman–Crippen LogP) is 2.90. The molecule has 0 saturated carbocycles. The molecule has 3 nitrogen and oxygen atoms in total. The van der Waals surface area contributed by atoms with Crippen molar-refractivity contribution >= 4 is 0 Å². The van der Waals surface area contributed by atoms with Gasteiger partial charge in [-0.25, -0.2) is 4.39 Å². The first-order valence-electron chi connectivity index (χ1n) is 9.01. The highest BCUT2D eigenvalue weighted by Gasteiger charge is 2.42. The third-order valence-electron chi connectivity index (χ3n) is 6.10. The molecule has 4 heteroatoms. The van der Waals surface area contributed by atoms with Gasteiger partial charge in [0.25, 0.3) is 0 Å². The maximum atomic E-state index is 13.3. The molecule has 3 heterocycles. The molecule has 1 spiro atoms. The summed E-state index contributed by atoms with van der Waals surface area (Å²) in [5.74, 6) is -0.124. The highest BCUT2D eigenvalue weighted by molar-refractivity contribution is 5.16. The van der Waals surface area contributed by atoms with Gasteiger partial charge in [0.05, 0.1) is 6.61 Å². The maximum Gasteiger partial charge on any atom is 0.123 e. The van der Waals surface area contributed by atoms with E-state index in [1.807, 2.05) is 12.1 Å². The lowest BCUT2D eigenvalue weighted by Gasteiger charge is -2.40. The molecule has 3 fully saturated rings. The first-order valence-corrected chi connectivity index (χ1v) is 9.01. The van der Waals surface area contributed by atoms with E-state index in [1.54, 1.807) is 6.07 Å². The quantitative estimate of drug-likeness (QED) is 0.852. The maximum absolute atomic E-state index is 13.3. The second-order valence-electron chi connectivity index (χ2n) is 7.64. The van der Waals surface area contributed by atoms with Crippen LogP contribution in [0.1, 0.15) is 31.2 Å². The van der Waals surface area contributed by atoms with Crippen LogP contribution in [0, 0.1) is 11.2 Å². The summed E-state index contributed by atoms with van der Waals surface area (Å²) in [6.07, 6.45) is 5.12. The summed E-state index contributed by atoms with van der Waals surface area (Å²) in [6.45, 7) is 7.55. The third-order valence-corrected chi connectivity index (χ3v) is 6.10. The van der Waals surface area contributed by atoms with Gasteiger partial charge in [-0.2, -0.15) is 0 Å². The second kappa shape index (κ2) is 6.50. The molecule has 0 bridgehead atoms. The number of benzene rings is 1. The average Bonchev–Trinajstić information content (AvgIpc) is 3.20. The number of hydrogen-bond acceptors (Lipinski definition) is 3. The predicted molar refractivity (Wildman–Crippen MR) is 88.8 cm³/mol. The van der Waals surface area contributed by atoms with E-state index in [9.17, 15) is 4.39 Å². The minimum absolute atomic E-state index is 0.124. The molecule has 3 saturated heterocycles. The van der Waals surface area contributed by atoms with Gasteiger partial charge in [0.2, 0.25) is 0 Å². The van der Waals surface area contributed by atoms with E-state index >= 15 is 0 Å². The number of likely N-dealkylation sites (tertiary alicyclic amines) is 2. The number of piperidine rings is 1. The minimum Gasteiger partial charge on any atom is -0.380 e. The van der Waals surface area contributed by atoms with E-state index in [0.717, 1.165) is 38.4 Å². The normalized spacial score (nSPS) is 28.7. The van der Waals surface area contributed by atoms with E-state index in [0.29, 0.717) is 11.5 Å². The van der Waals surface area contributed by atoms with E-state index < -0.39 is 0 Å². The van der Waals surface area contributed by atoms with Gasteiger partial charge in [-0.05, 0) is 68.4 Å². The van der Waals surface area contributed by atoms with Crippen LogP contribution in [0.25, 0.3) is 0 Å². The molecule has 23 heavy (non-hydrogen) atoms. The van der Waals surface area contributed by atoms with E-state index in [4.69, 9.17) is 4.74 Å². The topological polar surface area (TPSA) is 15.7 Å². The van der Waals surface area contributed by atoms with Crippen LogP contribution in [0.15, 0.2) is 24.3 Å². The van der Waals surface area contributed by atoms with Crippen molar-refractivity contribution in [3.8, 4) is 0 Å². The standard InChI is InChI=1S/C19H27FN2O/c20-17-3-1-2-16(12-17)13-21-8-5-19(6-9-21)7-10-22(15-19)18-4-11-23-14-18/h1-3,12,18H,4-11,13-15H2/t18-/m1/s1. The monoisotopic (exact) mass is 318 g/mol. The molecule has 1 atom stereocenters.